The van der Waals surface area contributed by atoms with Crippen LogP contribution in [-0.2, 0) is 0 Å². The molecular weight excluding hydrogens is 164 g/mol. The van der Waals surface area contributed by atoms with Crippen LogP contribution in [0.25, 0.3) is 0 Å². The van der Waals surface area contributed by atoms with Crippen molar-refractivity contribution in [3.63, 3.8) is 0 Å². The van der Waals surface area contributed by atoms with Gasteiger partial charge in [0.05, 0.1) is 0 Å². The first-order chi connectivity index (χ1) is 6.36. The van der Waals surface area contributed by atoms with Crippen molar-refractivity contribution in [2.45, 2.75) is 6.42 Å². The van der Waals surface area contributed by atoms with E-state index in [0.717, 1.165) is 45.2 Å². The fourth-order valence-electron chi connectivity index (χ4n) is 1.75. The molecule has 0 spiro atoms. The smallest absolute Gasteiger partial charge is 0.194 e. The second-order valence-electron chi connectivity index (χ2n) is 3.78. The topological polar surface area (TPSA) is 30.9 Å². The number of nitrogens with one attached hydrogen (secondary N) is 1. The first-order valence-electron chi connectivity index (χ1n) is 5.08. The van der Waals surface area contributed by atoms with Crippen LogP contribution in [0, 0.1) is 0 Å². The Morgan fingerprint density at radius 3 is 2.62 bits per heavy atom. The predicted molar refractivity (Wildman–Crippen MR) is 54.0 cm³/mol. The highest BCUT2D eigenvalue weighted by Crippen LogP contribution is 2.01. The molecular formula is C9H18N4. The van der Waals surface area contributed by atoms with E-state index in [1.54, 1.807) is 0 Å². The fraction of sp³-hybridized carbons (Fsp3) is 0.889. The van der Waals surface area contributed by atoms with Gasteiger partial charge in [0.2, 0.25) is 0 Å². The zero-order valence-corrected chi connectivity index (χ0v) is 8.29. The largest absolute Gasteiger partial charge is 0.356 e. The van der Waals surface area contributed by atoms with Gasteiger partial charge in [-0.3, -0.25) is 4.99 Å². The molecule has 4 heteroatoms. The molecule has 2 heterocycles. The second-order valence-corrected chi connectivity index (χ2v) is 3.78. The third-order valence-corrected chi connectivity index (χ3v) is 2.68. The number of rotatable bonds is 0. The molecule has 0 atom stereocenters. The van der Waals surface area contributed by atoms with Crippen molar-refractivity contribution in [2.75, 3.05) is 46.3 Å². The SMILES string of the molecule is CN1CCN(C2=NCCCN2)CC1. The van der Waals surface area contributed by atoms with E-state index in [1.165, 1.54) is 6.42 Å². The lowest BCUT2D eigenvalue weighted by atomic mass is 10.3. The van der Waals surface area contributed by atoms with Crippen molar-refractivity contribution < 1.29 is 0 Å². The Balaban J connectivity index is 1.89. The minimum absolute atomic E-state index is 0.995. The highest BCUT2D eigenvalue weighted by Gasteiger charge is 2.17. The van der Waals surface area contributed by atoms with E-state index in [1.807, 2.05) is 0 Å². The van der Waals surface area contributed by atoms with E-state index in [-0.39, 0.29) is 0 Å². The molecule has 0 aromatic heterocycles. The van der Waals surface area contributed by atoms with Gasteiger partial charge < -0.3 is 15.1 Å². The molecule has 74 valence electrons. The van der Waals surface area contributed by atoms with Crippen molar-refractivity contribution in [1.82, 2.24) is 15.1 Å². The third-order valence-electron chi connectivity index (χ3n) is 2.68. The van der Waals surface area contributed by atoms with Gasteiger partial charge in [0.25, 0.3) is 0 Å². The van der Waals surface area contributed by atoms with Crippen LogP contribution < -0.4 is 5.32 Å². The van der Waals surface area contributed by atoms with Gasteiger partial charge in [-0.2, -0.15) is 0 Å². The summed E-state index contributed by atoms with van der Waals surface area (Å²) < 4.78 is 0. The molecule has 2 rings (SSSR count). The minimum Gasteiger partial charge on any atom is -0.356 e. The molecule has 0 unspecified atom stereocenters. The lowest BCUT2D eigenvalue weighted by molar-refractivity contribution is 0.210. The summed E-state index contributed by atoms with van der Waals surface area (Å²) in [6, 6.07) is 0. The van der Waals surface area contributed by atoms with Crippen LogP contribution in [-0.4, -0.2) is 62.1 Å². The Kier molecular flexibility index (Phi) is 2.68. The van der Waals surface area contributed by atoms with Crippen molar-refractivity contribution >= 4 is 5.96 Å². The summed E-state index contributed by atoms with van der Waals surface area (Å²) in [7, 11) is 2.17. The molecule has 13 heavy (non-hydrogen) atoms. The maximum atomic E-state index is 4.49. The molecule has 0 aromatic rings. The van der Waals surface area contributed by atoms with E-state index in [4.69, 9.17) is 0 Å². The summed E-state index contributed by atoms with van der Waals surface area (Å²) >= 11 is 0. The summed E-state index contributed by atoms with van der Waals surface area (Å²) in [4.78, 5) is 9.21. The van der Waals surface area contributed by atoms with Gasteiger partial charge in [0.1, 0.15) is 0 Å². The number of aliphatic imine (C=N–C) groups is 1. The molecule has 0 aromatic carbocycles. The zero-order valence-electron chi connectivity index (χ0n) is 8.29. The molecule has 1 saturated heterocycles. The summed E-state index contributed by atoms with van der Waals surface area (Å²) in [6.07, 6.45) is 1.18. The van der Waals surface area contributed by atoms with Gasteiger partial charge in [0.15, 0.2) is 5.96 Å². The van der Waals surface area contributed by atoms with E-state index in [9.17, 15) is 0 Å². The van der Waals surface area contributed by atoms with Crippen LogP contribution in [0.4, 0.5) is 0 Å². The Hall–Kier alpha value is -0.770. The number of piperazine rings is 1. The predicted octanol–water partition coefficient (Wildman–Crippen LogP) is -0.417. The Morgan fingerprint density at radius 1 is 1.23 bits per heavy atom. The standard InChI is InChI=1S/C9H18N4/c1-12-5-7-13(8-6-12)9-10-3-2-4-11-9/h2-8H2,1H3,(H,10,11). The van der Waals surface area contributed by atoms with Crippen LogP contribution in [0.2, 0.25) is 0 Å². The molecule has 1 N–H and O–H groups in total. The Bertz CT molecular complexity index is 194. The van der Waals surface area contributed by atoms with E-state index >= 15 is 0 Å². The first-order valence-corrected chi connectivity index (χ1v) is 5.08. The van der Waals surface area contributed by atoms with Gasteiger partial charge in [-0.15, -0.1) is 0 Å². The van der Waals surface area contributed by atoms with Crippen molar-refractivity contribution in [2.24, 2.45) is 4.99 Å². The quantitative estimate of drug-likeness (QED) is 0.552. The van der Waals surface area contributed by atoms with Crippen LogP contribution in [0.3, 0.4) is 0 Å². The lowest BCUT2D eigenvalue weighted by Gasteiger charge is -2.35. The lowest BCUT2D eigenvalue weighted by Crippen LogP contribution is -2.52. The summed E-state index contributed by atoms with van der Waals surface area (Å²) in [5.74, 6) is 1.12. The van der Waals surface area contributed by atoms with Crippen molar-refractivity contribution in [3.8, 4) is 0 Å². The zero-order chi connectivity index (χ0) is 9.10. The number of hydrogen-bond donors (Lipinski definition) is 1. The van der Waals surface area contributed by atoms with Crippen LogP contribution >= 0.6 is 0 Å². The molecule has 4 nitrogen and oxygen atoms in total. The molecule has 0 amide bonds. The highest BCUT2D eigenvalue weighted by atomic mass is 15.3. The maximum Gasteiger partial charge on any atom is 0.194 e. The maximum absolute atomic E-state index is 4.49. The van der Waals surface area contributed by atoms with Crippen molar-refractivity contribution in [3.05, 3.63) is 0 Å². The normalized spacial score (nSPS) is 25.3. The number of nitrogens with zero attached hydrogens (tertiary/aromatic N) is 3. The van der Waals surface area contributed by atoms with Gasteiger partial charge in [-0.05, 0) is 13.5 Å². The van der Waals surface area contributed by atoms with Gasteiger partial charge >= 0.3 is 0 Å². The Labute approximate surface area is 79.6 Å². The summed E-state index contributed by atoms with van der Waals surface area (Å²) in [5, 5.41) is 3.36. The average molecular weight is 182 g/mol. The molecule has 2 aliphatic heterocycles. The fourth-order valence-corrected chi connectivity index (χ4v) is 1.75. The van der Waals surface area contributed by atoms with E-state index in [2.05, 4.69) is 27.2 Å². The van der Waals surface area contributed by atoms with Crippen LogP contribution in [0.5, 0.6) is 0 Å². The number of hydrogen-bond acceptors (Lipinski definition) is 4. The number of guanidine groups is 1. The first kappa shape index (κ1) is 8.81. The minimum atomic E-state index is 0.995. The Morgan fingerprint density at radius 2 is 2.00 bits per heavy atom. The second kappa shape index (κ2) is 3.96. The molecule has 0 bridgehead atoms. The van der Waals surface area contributed by atoms with Gasteiger partial charge in [0, 0.05) is 39.3 Å². The average Bonchev–Trinajstić information content (AvgIpc) is 2.20. The van der Waals surface area contributed by atoms with E-state index in [0.29, 0.717) is 0 Å². The van der Waals surface area contributed by atoms with Crippen LogP contribution in [0.1, 0.15) is 6.42 Å². The molecule has 0 aliphatic carbocycles. The molecule has 0 saturated carbocycles. The number of likely N-dealkylation sites (N-methyl/N-ethyl adjacent to an activating group) is 1. The summed E-state index contributed by atoms with van der Waals surface area (Å²) in [6.45, 7) is 6.62. The van der Waals surface area contributed by atoms with Gasteiger partial charge in [-0.25, -0.2) is 0 Å². The third kappa shape index (κ3) is 2.12. The highest BCUT2D eigenvalue weighted by molar-refractivity contribution is 5.80. The van der Waals surface area contributed by atoms with Gasteiger partial charge in [-0.1, -0.05) is 0 Å². The summed E-state index contributed by atoms with van der Waals surface area (Å²) in [5.41, 5.74) is 0. The molecule has 0 radical (unpaired) electrons. The molecule has 1 fully saturated rings. The van der Waals surface area contributed by atoms with E-state index < -0.39 is 0 Å². The monoisotopic (exact) mass is 182 g/mol. The molecule has 2 aliphatic rings. The van der Waals surface area contributed by atoms with Crippen LogP contribution in [0.15, 0.2) is 4.99 Å². The van der Waals surface area contributed by atoms with Crippen molar-refractivity contribution in [1.29, 1.82) is 0 Å².